The Morgan fingerprint density at radius 1 is 1.52 bits per heavy atom. The van der Waals surface area contributed by atoms with Gasteiger partial charge in [-0.2, -0.15) is 4.31 Å². The molecule has 1 atom stereocenters. The Kier molecular flexibility index (Phi) is 4.95. The number of aryl methyl sites for hydroxylation is 2. The largest absolute Gasteiger partial charge is 0.468 e. The number of sulfonamides is 1. The maximum Gasteiger partial charge on any atom is 0.315 e. The van der Waals surface area contributed by atoms with E-state index in [1.807, 2.05) is 0 Å². The van der Waals surface area contributed by atoms with Gasteiger partial charge in [0.25, 0.3) is 0 Å². The minimum atomic E-state index is -3.59. The lowest BCUT2D eigenvalue weighted by molar-refractivity contribution is -0.137. The Balaban J connectivity index is 2.05. The summed E-state index contributed by atoms with van der Waals surface area (Å²) < 4.78 is 36.2. The third-order valence-corrected chi connectivity index (χ3v) is 6.71. The topological polar surface area (TPSA) is 89.7 Å². The minimum absolute atomic E-state index is 0.0966. The van der Waals surface area contributed by atoms with Crippen molar-refractivity contribution in [1.82, 2.24) is 9.46 Å². The molecule has 1 aromatic rings. The van der Waals surface area contributed by atoms with Crippen LogP contribution in [0.4, 0.5) is 0 Å². The average molecular weight is 334 g/mol. The number of rotatable bonds is 5. The van der Waals surface area contributed by atoms with E-state index >= 15 is 0 Å². The van der Waals surface area contributed by atoms with Gasteiger partial charge in [-0.15, -0.1) is 11.8 Å². The van der Waals surface area contributed by atoms with Crippen molar-refractivity contribution in [3.63, 3.8) is 0 Å². The van der Waals surface area contributed by atoms with Gasteiger partial charge in [-0.1, -0.05) is 5.16 Å². The summed E-state index contributed by atoms with van der Waals surface area (Å²) in [5, 5.41) is 3.79. The fourth-order valence-electron chi connectivity index (χ4n) is 2.27. The van der Waals surface area contributed by atoms with Crippen LogP contribution in [-0.4, -0.2) is 55.1 Å². The molecule has 0 aromatic carbocycles. The third-order valence-electron chi connectivity index (χ3n) is 3.34. The van der Waals surface area contributed by atoms with Gasteiger partial charge < -0.3 is 9.26 Å². The second-order valence-corrected chi connectivity index (χ2v) is 7.98. The number of carbonyl (C=O) groups excluding carboxylic acids is 1. The van der Waals surface area contributed by atoms with E-state index in [9.17, 15) is 13.2 Å². The van der Waals surface area contributed by atoms with E-state index in [4.69, 9.17) is 4.52 Å². The van der Waals surface area contributed by atoms with Crippen LogP contribution in [-0.2, 0) is 19.6 Å². The first kappa shape index (κ1) is 16.3. The van der Waals surface area contributed by atoms with E-state index in [1.165, 1.54) is 23.2 Å². The van der Waals surface area contributed by atoms with Gasteiger partial charge in [0.2, 0.25) is 10.0 Å². The molecule has 7 nitrogen and oxygen atoms in total. The van der Waals surface area contributed by atoms with Crippen LogP contribution >= 0.6 is 11.8 Å². The van der Waals surface area contributed by atoms with Crippen molar-refractivity contribution in [3.8, 4) is 0 Å². The van der Waals surface area contributed by atoms with Crippen molar-refractivity contribution in [3.05, 3.63) is 11.5 Å². The first-order valence-corrected chi connectivity index (χ1v) is 8.96. The highest BCUT2D eigenvalue weighted by atomic mass is 32.2. The first-order chi connectivity index (χ1) is 9.86. The van der Waals surface area contributed by atoms with E-state index < -0.39 is 10.0 Å². The van der Waals surface area contributed by atoms with Crippen molar-refractivity contribution in [2.75, 3.05) is 26.0 Å². The molecule has 0 N–H and O–H groups in total. The molecule has 2 rings (SSSR count). The second-order valence-electron chi connectivity index (χ2n) is 4.81. The normalized spacial score (nSPS) is 19.9. The fraction of sp³-hybridized carbons (Fsp3) is 0.667. The summed E-state index contributed by atoms with van der Waals surface area (Å²) in [6.07, 6.45) is 0.713. The Labute approximate surface area is 128 Å². The Morgan fingerprint density at radius 2 is 2.24 bits per heavy atom. The van der Waals surface area contributed by atoms with Crippen molar-refractivity contribution in [1.29, 1.82) is 0 Å². The number of hydrogen-bond donors (Lipinski definition) is 0. The van der Waals surface area contributed by atoms with Gasteiger partial charge in [0.05, 0.1) is 12.9 Å². The Bertz CT molecular complexity index is 606. The van der Waals surface area contributed by atoms with Crippen LogP contribution in [0.1, 0.15) is 17.9 Å². The molecule has 1 saturated heterocycles. The number of aromatic nitrogens is 1. The Hall–Kier alpha value is -1.06. The monoisotopic (exact) mass is 334 g/mol. The summed E-state index contributed by atoms with van der Waals surface area (Å²) in [4.78, 5) is 11.3. The second kappa shape index (κ2) is 6.37. The smallest absolute Gasteiger partial charge is 0.315 e. The van der Waals surface area contributed by atoms with Gasteiger partial charge in [-0.05, 0) is 20.3 Å². The van der Waals surface area contributed by atoms with Crippen molar-refractivity contribution in [2.24, 2.45) is 0 Å². The molecule has 21 heavy (non-hydrogen) atoms. The molecule has 1 aromatic heterocycles. The molecule has 2 heterocycles. The molecule has 0 spiro atoms. The molecule has 0 bridgehead atoms. The van der Waals surface area contributed by atoms with Gasteiger partial charge in [-0.25, -0.2) is 8.42 Å². The molecule has 1 fully saturated rings. The molecule has 0 amide bonds. The van der Waals surface area contributed by atoms with Crippen LogP contribution < -0.4 is 0 Å². The molecule has 0 saturated carbocycles. The molecular weight excluding hydrogens is 316 g/mol. The summed E-state index contributed by atoms with van der Waals surface area (Å²) >= 11 is 1.42. The zero-order valence-corrected chi connectivity index (χ0v) is 13.8. The van der Waals surface area contributed by atoms with Crippen LogP contribution in [0.15, 0.2) is 9.42 Å². The summed E-state index contributed by atoms with van der Waals surface area (Å²) in [7, 11) is -2.25. The lowest BCUT2D eigenvalue weighted by Crippen LogP contribution is -2.30. The summed E-state index contributed by atoms with van der Waals surface area (Å²) in [6, 6.07) is 0. The van der Waals surface area contributed by atoms with E-state index in [1.54, 1.807) is 13.8 Å². The number of methoxy groups -OCH3 is 1. The Morgan fingerprint density at radius 3 is 2.81 bits per heavy atom. The number of esters is 1. The highest BCUT2D eigenvalue weighted by Crippen LogP contribution is 2.30. The van der Waals surface area contributed by atoms with Gasteiger partial charge >= 0.3 is 5.97 Å². The average Bonchev–Trinajstić information content (AvgIpc) is 3.03. The van der Waals surface area contributed by atoms with Crippen molar-refractivity contribution < 1.29 is 22.5 Å². The minimum Gasteiger partial charge on any atom is -0.468 e. The van der Waals surface area contributed by atoms with Gasteiger partial charge in [0, 0.05) is 18.3 Å². The third kappa shape index (κ3) is 3.41. The highest BCUT2D eigenvalue weighted by Gasteiger charge is 2.36. The fourth-order valence-corrected chi connectivity index (χ4v) is 5.20. The molecule has 0 radical (unpaired) electrons. The molecule has 9 heteroatoms. The maximum atomic E-state index is 12.6. The summed E-state index contributed by atoms with van der Waals surface area (Å²) in [6.45, 7) is 4.02. The molecule has 1 aliphatic heterocycles. The van der Waals surface area contributed by atoms with E-state index in [-0.39, 0.29) is 21.9 Å². The number of ether oxygens (including phenoxy) is 1. The zero-order chi connectivity index (χ0) is 15.6. The predicted molar refractivity (Wildman–Crippen MR) is 77.6 cm³/mol. The lowest BCUT2D eigenvalue weighted by atomic mass is 10.4. The van der Waals surface area contributed by atoms with E-state index in [0.29, 0.717) is 31.0 Å². The molecule has 0 unspecified atom stereocenters. The van der Waals surface area contributed by atoms with Crippen molar-refractivity contribution in [2.45, 2.75) is 30.4 Å². The van der Waals surface area contributed by atoms with Crippen LogP contribution in [0.5, 0.6) is 0 Å². The van der Waals surface area contributed by atoms with Crippen LogP contribution in [0.2, 0.25) is 0 Å². The standard InChI is InChI=1S/C12H18N2O5S2/c1-8-12(9(2)19-13-8)21(16,17)14-5-4-10(6-14)20-7-11(15)18-3/h10H,4-7H2,1-3H3/t10-/m0/s1. The van der Waals surface area contributed by atoms with Gasteiger partial charge in [0.1, 0.15) is 10.6 Å². The highest BCUT2D eigenvalue weighted by molar-refractivity contribution is 8.00. The lowest BCUT2D eigenvalue weighted by Gasteiger charge is -2.16. The van der Waals surface area contributed by atoms with Crippen molar-refractivity contribution >= 4 is 27.8 Å². The van der Waals surface area contributed by atoms with E-state index in [2.05, 4.69) is 9.89 Å². The quantitative estimate of drug-likeness (QED) is 0.741. The summed E-state index contributed by atoms with van der Waals surface area (Å²) in [5.74, 6) is 0.241. The predicted octanol–water partition coefficient (Wildman–Crippen LogP) is 0.961. The molecule has 1 aliphatic rings. The van der Waals surface area contributed by atoms with Gasteiger partial charge in [-0.3, -0.25) is 4.79 Å². The van der Waals surface area contributed by atoms with Crippen LogP contribution in [0, 0.1) is 13.8 Å². The SMILES string of the molecule is COC(=O)CS[C@H]1CCN(S(=O)(=O)c2c(C)noc2C)C1. The molecule has 118 valence electrons. The maximum absolute atomic E-state index is 12.6. The number of thioether (sulfide) groups is 1. The van der Waals surface area contributed by atoms with Gasteiger partial charge in [0.15, 0.2) is 5.76 Å². The number of carbonyl (C=O) groups is 1. The summed E-state index contributed by atoms with van der Waals surface area (Å²) in [5.41, 5.74) is 0.373. The number of nitrogens with zero attached hydrogens (tertiary/aromatic N) is 2. The van der Waals surface area contributed by atoms with E-state index in [0.717, 1.165) is 0 Å². The first-order valence-electron chi connectivity index (χ1n) is 6.47. The van der Waals surface area contributed by atoms with Crippen LogP contribution in [0.3, 0.4) is 0 Å². The van der Waals surface area contributed by atoms with Crippen LogP contribution in [0.25, 0.3) is 0 Å². The molecule has 0 aliphatic carbocycles. The number of hydrogen-bond acceptors (Lipinski definition) is 7. The molecular formula is C12H18N2O5S2. The zero-order valence-electron chi connectivity index (χ0n) is 12.2.